The minimum Gasteiger partial charge on any atom is -0.477 e. The van der Waals surface area contributed by atoms with Crippen LogP contribution in [0.3, 0.4) is 0 Å². The average Bonchev–Trinajstić information content (AvgIpc) is 3.67. The first kappa shape index (κ1) is 27.1. The Balaban J connectivity index is 1.18. The summed E-state index contributed by atoms with van der Waals surface area (Å²) in [6, 6.07) is -0.316. The third-order valence-electron chi connectivity index (χ3n) is 7.71. The van der Waals surface area contributed by atoms with Crippen LogP contribution in [0.4, 0.5) is 0 Å². The molecule has 4 aliphatic rings. The highest BCUT2D eigenvalue weighted by Gasteiger charge is 2.60. The number of carbonyl (C=O) groups excluding carboxylic acids is 3. The number of hydrogen-bond donors (Lipinski definition) is 4. The normalized spacial score (nSPS) is 31.3. The molecule has 5 rings (SSSR count). The summed E-state index contributed by atoms with van der Waals surface area (Å²) in [5, 5.41) is 30.5. The van der Waals surface area contributed by atoms with E-state index in [0.717, 1.165) is 18.1 Å². The molecule has 0 saturated carbocycles. The van der Waals surface area contributed by atoms with Gasteiger partial charge in [0.1, 0.15) is 18.6 Å². The van der Waals surface area contributed by atoms with Gasteiger partial charge in [0.05, 0.1) is 18.0 Å². The van der Waals surface area contributed by atoms with Gasteiger partial charge in [0.25, 0.3) is 0 Å². The number of carboxylic acids is 1. The molecule has 2 amide bonds. The van der Waals surface area contributed by atoms with Crippen LogP contribution in [0.1, 0.15) is 26.7 Å². The molecule has 3 saturated heterocycles. The van der Waals surface area contributed by atoms with Crippen LogP contribution in [0.25, 0.3) is 0 Å². The highest BCUT2D eigenvalue weighted by molar-refractivity contribution is 8.03. The fraction of sp³-hybridized carbons (Fsp3) is 0.696. The second-order valence-electron chi connectivity index (χ2n) is 10.4. The Kier molecular flexibility index (Phi) is 8.07. The Morgan fingerprint density at radius 1 is 1.34 bits per heavy atom. The molecule has 4 N–H and O–H groups in total. The molecule has 5 heterocycles. The Bertz CT molecular complexity index is 1130. The Morgan fingerprint density at radius 3 is 2.84 bits per heavy atom. The maximum absolute atomic E-state index is 13.1. The molecule has 1 aromatic rings. The topological polar surface area (TPSA) is 171 Å². The number of amides is 2. The van der Waals surface area contributed by atoms with Gasteiger partial charge in [0.2, 0.25) is 11.8 Å². The quantitative estimate of drug-likeness (QED) is 0.249. The second-order valence-corrected chi connectivity index (χ2v) is 12.7. The number of carboxylic acid groups (broad SMARTS) is 1. The van der Waals surface area contributed by atoms with Gasteiger partial charge in [-0.3, -0.25) is 19.7 Å². The zero-order valence-electron chi connectivity index (χ0n) is 21.2. The predicted octanol–water partition coefficient (Wildman–Crippen LogP) is -0.716. The average molecular weight is 565 g/mol. The molecule has 0 aliphatic carbocycles. The van der Waals surface area contributed by atoms with E-state index in [1.165, 1.54) is 27.7 Å². The van der Waals surface area contributed by atoms with Crippen molar-refractivity contribution in [1.29, 1.82) is 0 Å². The van der Waals surface area contributed by atoms with E-state index in [-0.39, 0.29) is 71.5 Å². The van der Waals surface area contributed by atoms with E-state index in [1.54, 1.807) is 11.8 Å². The first-order valence-electron chi connectivity index (χ1n) is 12.8. The molecule has 13 nitrogen and oxygen atoms in total. The van der Waals surface area contributed by atoms with Crippen molar-refractivity contribution in [2.45, 2.75) is 56.6 Å². The molecule has 38 heavy (non-hydrogen) atoms. The van der Waals surface area contributed by atoms with Crippen LogP contribution in [-0.4, -0.2) is 102 Å². The van der Waals surface area contributed by atoms with E-state index in [1.807, 2.05) is 13.8 Å². The lowest BCUT2D eigenvalue weighted by Gasteiger charge is -2.47. The number of aromatic nitrogens is 4. The predicted molar refractivity (Wildman–Crippen MR) is 140 cm³/mol. The van der Waals surface area contributed by atoms with Crippen LogP contribution in [-0.2, 0) is 25.7 Å². The lowest BCUT2D eigenvalue weighted by Crippen LogP contribution is -2.62. The summed E-state index contributed by atoms with van der Waals surface area (Å²) < 4.78 is 1.35. The third kappa shape index (κ3) is 5.33. The lowest BCUT2D eigenvalue weighted by atomic mass is 9.73. The van der Waals surface area contributed by atoms with E-state index in [4.69, 9.17) is 0 Å². The maximum atomic E-state index is 13.1. The second kappa shape index (κ2) is 11.3. The number of carbonyl (C=O) groups is 4. The van der Waals surface area contributed by atoms with Crippen LogP contribution in [0.2, 0.25) is 0 Å². The molecule has 1 aromatic heterocycles. The van der Waals surface area contributed by atoms with E-state index < -0.39 is 11.9 Å². The van der Waals surface area contributed by atoms with Gasteiger partial charge in [-0.1, -0.05) is 13.8 Å². The Labute approximate surface area is 228 Å². The molecule has 1 unspecified atom stereocenters. The van der Waals surface area contributed by atoms with Crippen molar-refractivity contribution in [2.75, 3.05) is 24.7 Å². The molecule has 206 valence electrons. The number of nitrogens with one attached hydrogen (secondary N) is 3. The maximum Gasteiger partial charge on any atom is 0.353 e. The Morgan fingerprint density at radius 2 is 2.16 bits per heavy atom. The number of aliphatic carboxylic acids is 1. The van der Waals surface area contributed by atoms with Gasteiger partial charge in [0.15, 0.2) is 5.78 Å². The van der Waals surface area contributed by atoms with E-state index in [0.29, 0.717) is 18.0 Å². The van der Waals surface area contributed by atoms with Crippen molar-refractivity contribution in [3.63, 3.8) is 0 Å². The molecule has 0 aromatic carbocycles. The number of tetrazole rings is 1. The number of ketones is 1. The largest absolute Gasteiger partial charge is 0.477 e. The van der Waals surface area contributed by atoms with Crippen molar-refractivity contribution in [1.82, 2.24) is 41.1 Å². The summed E-state index contributed by atoms with van der Waals surface area (Å²) in [4.78, 5) is 52.4. The van der Waals surface area contributed by atoms with Crippen molar-refractivity contribution >= 4 is 47.1 Å². The van der Waals surface area contributed by atoms with Crippen LogP contribution in [0.5, 0.6) is 0 Å². The zero-order chi connectivity index (χ0) is 27.0. The minimum absolute atomic E-state index is 0.00711. The molecule has 0 spiro atoms. The minimum atomic E-state index is -1.10. The first-order chi connectivity index (χ1) is 18.2. The summed E-state index contributed by atoms with van der Waals surface area (Å²) >= 11 is 3.23. The number of Topliss-reactive ketones (excluding diaryl/α,β-unsaturated/α-hetero) is 1. The molecule has 7 atom stereocenters. The highest BCUT2D eigenvalue weighted by atomic mass is 32.2. The van der Waals surface area contributed by atoms with Crippen molar-refractivity contribution in [3.05, 3.63) is 16.9 Å². The van der Waals surface area contributed by atoms with Crippen LogP contribution in [0.15, 0.2) is 16.9 Å². The zero-order valence-corrected chi connectivity index (χ0v) is 22.8. The van der Waals surface area contributed by atoms with Gasteiger partial charge < -0.3 is 20.6 Å². The number of rotatable bonds is 11. The number of thioether (sulfide) groups is 2. The summed E-state index contributed by atoms with van der Waals surface area (Å²) in [5.41, 5.74) is 0.0718. The molecule has 3 fully saturated rings. The molecule has 4 aliphatic heterocycles. The van der Waals surface area contributed by atoms with Gasteiger partial charge in [-0.2, -0.15) is 0 Å². The Hall–Kier alpha value is -2.49. The lowest BCUT2D eigenvalue weighted by molar-refractivity contribution is -0.160. The summed E-state index contributed by atoms with van der Waals surface area (Å²) in [6.45, 7) is 5.09. The van der Waals surface area contributed by atoms with Gasteiger partial charge in [0, 0.05) is 53.3 Å². The smallest absolute Gasteiger partial charge is 0.353 e. The van der Waals surface area contributed by atoms with Gasteiger partial charge in [-0.25, -0.2) is 9.48 Å². The number of β-lactam (4-membered cyclic amide) rings is 1. The van der Waals surface area contributed by atoms with Gasteiger partial charge in [-0.15, -0.1) is 28.6 Å². The van der Waals surface area contributed by atoms with E-state index in [2.05, 4.69) is 31.5 Å². The molecule has 15 heteroatoms. The third-order valence-corrected chi connectivity index (χ3v) is 10.2. The monoisotopic (exact) mass is 564 g/mol. The van der Waals surface area contributed by atoms with E-state index in [9.17, 15) is 24.3 Å². The fourth-order valence-electron chi connectivity index (χ4n) is 5.87. The summed E-state index contributed by atoms with van der Waals surface area (Å²) in [7, 11) is 0. The molecule has 0 bridgehead atoms. The number of fused-ring (bicyclic) bond motifs is 1. The molecular formula is C23H32N8O5S2. The van der Waals surface area contributed by atoms with Gasteiger partial charge in [-0.05, 0) is 22.8 Å². The number of nitrogens with zero attached hydrogens (tertiary/aromatic N) is 5. The standard InChI is InChI=1S/C23H32N8O5S2/c1-11(3-14(32)7-30-9-27-28-29-30)17-18-12(2)20(19(23(35)36)31(18)22(17)34)38-15-4-13(24-6-15)5-25-21(33)16-8-37-10-26-16/h9,11-13,15-18,24,26H,3-8,10H2,1-2H3,(H,25,33)(H,35,36)/t11-,12+,13?,15-,16+,17+,18+/m0/s1. The van der Waals surface area contributed by atoms with E-state index >= 15 is 0 Å². The summed E-state index contributed by atoms with van der Waals surface area (Å²) in [6.07, 6.45) is 2.34. The van der Waals surface area contributed by atoms with Crippen molar-refractivity contribution in [3.8, 4) is 0 Å². The van der Waals surface area contributed by atoms with Crippen molar-refractivity contribution in [2.24, 2.45) is 17.8 Å². The van der Waals surface area contributed by atoms with Crippen molar-refractivity contribution < 1.29 is 24.3 Å². The fourth-order valence-corrected chi connectivity index (χ4v) is 8.33. The SMILES string of the molecule is C[C@@H](CC(=O)Cn1cnnn1)[C@H]1C(=O)N2C(C(=O)O)=C(S[C@@H]3CNC(CNC(=O)[C@H]4CSCN4)C3)[C@H](C)[C@H]12. The van der Waals surface area contributed by atoms with Crippen LogP contribution in [0, 0.1) is 17.8 Å². The van der Waals surface area contributed by atoms with Crippen LogP contribution >= 0.6 is 23.5 Å². The first-order valence-corrected chi connectivity index (χ1v) is 14.8. The highest BCUT2D eigenvalue weighted by Crippen LogP contribution is 2.53. The number of hydrogen-bond acceptors (Lipinski definition) is 11. The molecule has 0 radical (unpaired) electrons. The van der Waals surface area contributed by atoms with Crippen LogP contribution < -0.4 is 16.0 Å². The van der Waals surface area contributed by atoms with Gasteiger partial charge >= 0.3 is 5.97 Å². The molecular weight excluding hydrogens is 532 g/mol. The summed E-state index contributed by atoms with van der Waals surface area (Å²) in [5.74, 6) is -0.645.